The molecule has 0 aromatic rings. The summed E-state index contributed by atoms with van der Waals surface area (Å²) < 4.78 is 11.0. The summed E-state index contributed by atoms with van der Waals surface area (Å²) in [5.74, 6) is 0. The van der Waals surface area contributed by atoms with Crippen LogP contribution in [-0.2, 0) is 19.7 Å². The Morgan fingerprint density at radius 3 is 2.56 bits per heavy atom. The molecule has 0 radical (unpaired) electrons. The Labute approximate surface area is 105 Å². The van der Waals surface area contributed by atoms with Crippen LogP contribution in [0.15, 0.2) is 20.4 Å². The summed E-state index contributed by atoms with van der Waals surface area (Å²) in [5, 5.41) is 18.1. The van der Waals surface area contributed by atoms with Gasteiger partial charge in [0.25, 0.3) is 0 Å². The molecule has 0 aliphatic carbocycles. The summed E-state index contributed by atoms with van der Waals surface area (Å²) in [7, 11) is -0.516. The summed E-state index contributed by atoms with van der Waals surface area (Å²) >= 11 is 5.92. The number of nitrogens with zero attached hydrogens (tertiary/aromatic N) is 2. The molecule has 6 heteroatoms. The van der Waals surface area contributed by atoms with Crippen LogP contribution < -0.4 is 0 Å². The zero-order valence-electron chi connectivity index (χ0n) is 8.62. The molecule has 3 nitrogen and oxygen atoms in total. The quantitative estimate of drug-likeness (QED) is 0.793. The van der Waals surface area contributed by atoms with Gasteiger partial charge in [0.15, 0.2) is 0 Å². The van der Waals surface area contributed by atoms with Crippen molar-refractivity contribution in [3.63, 3.8) is 0 Å². The van der Waals surface area contributed by atoms with Crippen LogP contribution in [-0.4, -0.2) is 4.21 Å². The maximum Gasteiger partial charge on any atom is 0.130 e. The molecule has 1 aliphatic rings. The van der Waals surface area contributed by atoms with Crippen molar-refractivity contribution < 1.29 is 4.21 Å². The molecule has 16 heavy (non-hydrogen) atoms. The Morgan fingerprint density at radius 2 is 2.12 bits per heavy atom. The summed E-state index contributed by atoms with van der Waals surface area (Å²) in [6.07, 6.45) is 2.54. The van der Waals surface area contributed by atoms with E-state index < -0.39 is 9.45 Å². The van der Waals surface area contributed by atoms with Crippen molar-refractivity contribution in [2.75, 3.05) is 0 Å². The molecular weight excluding hydrogens is 264 g/mol. The standard InChI is InChI=1S/C10H9ClN2OS2/c1-2-3-4-8-7(5-12)10(11)9(6-13)16(8)15-14/h2-4H2,1H3. The first-order chi connectivity index (χ1) is 7.71. The summed E-state index contributed by atoms with van der Waals surface area (Å²) in [6, 6.07) is 3.93. The van der Waals surface area contributed by atoms with Gasteiger partial charge < -0.3 is 0 Å². The van der Waals surface area contributed by atoms with E-state index in [0.29, 0.717) is 22.2 Å². The Balaban J connectivity index is 3.28. The minimum absolute atomic E-state index is 0.169. The van der Waals surface area contributed by atoms with Crippen LogP contribution in [0.3, 0.4) is 0 Å². The van der Waals surface area contributed by atoms with E-state index in [0.717, 1.165) is 17.7 Å². The predicted molar refractivity (Wildman–Crippen MR) is 66.2 cm³/mol. The van der Waals surface area contributed by atoms with Crippen molar-refractivity contribution in [3.05, 3.63) is 20.4 Å². The molecular formula is C10H9ClN2OS2. The molecule has 1 heterocycles. The molecule has 0 N–H and O–H groups in total. The number of halogens is 1. The Kier molecular flexibility index (Phi) is 4.95. The lowest BCUT2D eigenvalue weighted by Crippen LogP contribution is -1.93. The maximum absolute atomic E-state index is 11.0. The van der Waals surface area contributed by atoms with E-state index in [1.54, 1.807) is 0 Å². The molecule has 84 valence electrons. The highest BCUT2D eigenvalue weighted by atomic mass is 35.5. The fraction of sp³-hybridized carbons (Fsp3) is 0.400. The summed E-state index contributed by atoms with van der Waals surface area (Å²) in [5.41, 5.74) is 0.332. The van der Waals surface area contributed by atoms with Gasteiger partial charge in [-0.1, -0.05) is 24.9 Å². The van der Waals surface area contributed by atoms with Gasteiger partial charge in [0.05, 0.1) is 10.6 Å². The van der Waals surface area contributed by atoms with Gasteiger partial charge in [0.2, 0.25) is 0 Å². The zero-order chi connectivity index (χ0) is 12.1. The Morgan fingerprint density at radius 1 is 1.44 bits per heavy atom. The van der Waals surface area contributed by atoms with Gasteiger partial charge in [-0.3, -0.25) is 0 Å². The summed E-state index contributed by atoms with van der Waals surface area (Å²) in [4.78, 5) is 0.996. The molecule has 0 spiro atoms. The van der Waals surface area contributed by atoms with Crippen LogP contribution in [0.5, 0.6) is 0 Å². The van der Waals surface area contributed by atoms with Crippen LogP contribution in [0.4, 0.5) is 0 Å². The monoisotopic (exact) mass is 272 g/mol. The lowest BCUT2D eigenvalue weighted by atomic mass is 10.1. The normalized spacial score (nSPS) is 19.6. The number of rotatable bonds is 3. The highest BCUT2D eigenvalue weighted by Gasteiger charge is 2.28. The van der Waals surface area contributed by atoms with E-state index in [-0.39, 0.29) is 9.94 Å². The minimum Gasteiger partial charge on any atom is -0.205 e. The molecule has 0 amide bonds. The van der Waals surface area contributed by atoms with Gasteiger partial charge in [-0.15, -0.1) is 0 Å². The van der Waals surface area contributed by atoms with E-state index >= 15 is 0 Å². The summed E-state index contributed by atoms with van der Waals surface area (Å²) in [6.45, 7) is 2.03. The second-order valence-electron chi connectivity index (χ2n) is 3.11. The van der Waals surface area contributed by atoms with Crippen molar-refractivity contribution in [1.29, 1.82) is 10.5 Å². The van der Waals surface area contributed by atoms with E-state index in [2.05, 4.69) is 0 Å². The third kappa shape index (κ3) is 2.27. The second-order valence-corrected chi connectivity index (χ2v) is 6.47. The van der Waals surface area contributed by atoms with E-state index in [1.165, 1.54) is 0 Å². The maximum atomic E-state index is 11.0. The zero-order valence-corrected chi connectivity index (χ0v) is 11.0. The molecule has 0 saturated carbocycles. The number of unbranched alkanes of at least 4 members (excludes halogenated alkanes) is 1. The van der Waals surface area contributed by atoms with Crippen molar-refractivity contribution in [2.45, 2.75) is 26.2 Å². The first-order valence-corrected chi connectivity index (χ1v) is 7.55. The lowest BCUT2D eigenvalue weighted by molar-refractivity contribution is 0.701. The first-order valence-electron chi connectivity index (χ1n) is 4.69. The molecule has 0 aromatic heterocycles. The lowest BCUT2D eigenvalue weighted by Gasteiger charge is -2.02. The van der Waals surface area contributed by atoms with E-state index in [1.807, 2.05) is 19.1 Å². The number of hydrogen-bond acceptors (Lipinski definition) is 3. The number of allylic oxidation sites excluding steroid dienone is 4. The average Bonchev–Trinajstić information content (AvgIpc) is 2.57. The van der Waals surface area contributed by atoms with E-state index in [4.69, 9.17) is 22.1 Å². The molecule has 1 unspecified atom stereocenters. The van der Waals surface area contributed by atoms with Gasteiger partial charge in [-0.25, -0.2) is 4.21 Å². The van der Waals surface area contributed by atoms with Gasteiger partial charge >= 0.3 is 0 Å². The topological polar surface area (TPSA) is 64.7 Å². The predicted octanol–water partition coefficient (Wildman–Crippen LogP) is 2.69. The second kappa shape index (κ2) is 6.00. The molecule has 0 saturated heterocycles. The highest BCUT2D eigenvalue weighted by Crippen LogP contribution is 2.37. The van der Waals surface area contributed by atoms with Gasteiger partial charge in [-0.2, -0.15) is 10.5 Å². The van der Waals surface area contributed by atoms with Gasteiger partial charge in [0.1, 0.15) is 27.3 Å². The van der Waals surface area contributed by atoms with Crippen molar-refractivity contribution >= 4 is 31.3 Å². The average molecular weight is 273 g/mol. The van der Waals surface area contributed by atoms with Crippen LogP contribution >= 0.6 is 11.6 Å². The molecule has 0 bridgehead atoms. The molecule has 0 aromatic carbocycles. The smallest absolute Gasteiger partial charge is 0.130 e. The number of nitriles is 2. The SMILES string of the molecule is CCCCC1=C(C#N)C(Cl)=C(C#N)S1=S=O. The van der Waals surface area contributed by atoms with Crippen LogP contribution in [0.2, 0.25) is 0 Å². The molecule has 0 fully saturated rings. The number of hydrogen-bond donors (Lipinski definition) is 0. The molecule has 1 rings (SSSR count). The molecule has 1 atom stereocenters. The third-order valence-corrected chi connectivity index (χ3v) is 5.81. The van der Waals surface area contributed by atoms with E-state index in [9.17, 15) is 4.21 Å². The molecule has 1 aliphatic heterocycles. The first kappa shape index (κ1) is 13.2. The van der Waals surface area contributed by atoms with Crippen molar-refractivity contribution in [1.82, 2.24) is 0 Å². The van der Waals surface area contributed by atoms with Gasteiger partial charge in [-0.05, 0) is 22.3 Å². The largest absolute Gasteiger partial charge is 0.205 e. The highest BCUT2D eigenvalue weighted by molar-refractivity contribution is 8.35. The van der Waals surface area contributed by atoms with Crippen molar-refractivity contribution in [2.24, 2.45) is 0 Å². The third-order valence-electron chi connectivity index (χ3n) is 2.15. The van der Waals surface area contributed by atoms with Crippen molar-refractivity contribution in [3.8, 4) is 12.1 Å². The Hall–Kier alpha value is -0.880. The van der Waals surface area contributed by atoms with Crippen LogP contribution in [0.1, 0.15) is 26.2 Å². The van der Waals surface area contributed by atoms with Gasteiger partial charge in [0, 0.05) is 4.91 Å². The fourth-order valence-corrected chi connectivity index (χ4v) is 4.71. The Bertz CT molecular complexity index is 516. The van der Waals surface area contributed by atoms with Crippen LogP contribution in [0, 0.1) is 22.7 Å². The van der Waals surface area contributed by atoms with Crippen LogP contribution in [0.25, 0.3) is 0 Å². The minimum atomic E-state index is -0.867. The fourth-order valence-electron chi connectivity index (χ4n) is 1.37.